The van der Waals surface area contributed by atoms with Gasteiger partial charge in [0.25, 0.3) is 0 Å². The fraction of sp³-hybridized carbons (Fsp3) is 0.316. The third-order valence-corrected chi connectivity index (χ3v) is 6.55. The summed E-state index contributed by atoms with van der Waals surface area (Å²) in [4.78, 5) is 23.1. The van der Waals surface area contributed by atoms with Crippen LogP contribution >= 0.6 is 23.1 Å². The largest absolute Gasteiger partial charge is 0.451 e. The van der Waals surface area contributed by atoms with Crippen LogP contribution in [-0.4, -0.2) is 33.1 Å². The van der Waals surface area contributed by atoms with Gasteiger partial charge in [0.05, 0.1) is 17.3 Å². The van der Waals surface area contributed by atoms with Crippen molar-refractivity contribution in [2.45, 2.75) is 30.1 Å². The maximum atomic E-state index is 13.1. The first-order chi connectivity index (χ1) is 13.4. The minimum absolute atomic E-state index is 0.0418. The van der Waals surface area contributed by atoms with Gasteiger partial charge < -0.3 is 4.90 Å². The van der Waals surface area contributed by atoms with E-state index in [2.05, 4.69) is 9.97 Å². The Morgan fingerprint density at radius 3 is 2.79 bits per heavy atom. The number of nitrogens with zero attached hydrogens (tertiary/aromatic N) is 3. The quantitative estimate of drug-likeness (QED) is 0.429. The van der Waals surface area contributed by atoms with Gasteiger partial charge in [-0.25, -0.2) is 9.97 Å². The zero-order valence-electron chi connectivity index (χ0n) is 14.6. The molecule has 3 heterocycles. The summed E-state index contributed by atoms with van der Waals surface area (Å²) in [6, 6.07) is 10.6. The van der Waals surface area contributed by atoms with E-state index in [9.17, 15) is 18.0 Å². The molecule has 1 amide bonds. The summed E-state index contributed by atoms with van der Waals surface area (Å²) in [7, 11) is 0. The van der Waals surface area contributed by atoms with E-state index < -0.39 is 12.0 Å². The lowest BCUT2D eigenvalue weighted by Gasteiger charge is -2.23. The molecule has 3 aromatic rings. The maximum absolute atomic E-state index is 13.1. The number of para-hydroxylation sites is 1. The molecular formula is C19H16F3N3OS2. The van der Waals surface area contributed by atoms with E-state index in [1.54, 1.807) is 29.5 Å². The second-order valence-corrected chi connectivity index (χ2v) is 8.36. The molecule has 0 saturated carbocycles. The van der Waals surface area contributed by atoms with Crippen molar-refractivity contribution in [1.82, 2.24) is 14.9 Å². The fourth-order valence-electron chi connectivity index (χ4n) is 3.34. The topological polar surface area (TPSA) is 46.1 Å². The summed E-state index contributed by atoms with van der Waals surface area (Å²) in [5.41, 5.74) is 0.220. The van der Waals surface area contributed by atoms with E-state index in [0.29, 0.717) is 11.9 Å². The molecule has 1 aliphatic heterocycles. The van der Waals surface area contributed by atoms with E-state index in [0.717, 1.165) is 29.5 Å². The average molecular weight is 423 g/mol. The molecule has 1 unspecified atom stereocenters. The molecule has 4 rings (SSSR count). The van der Waals surface area contributed by atoms with Gasteiger partial charge in [0.15, 0.2) is 0 Å². The van der Waals surface area contributed by atoms with Gasteiger partial charge in [-0.1, -0.05) is 36.0 Å². The third kappa shape index (κ3) is 3.86. The smallest absolute Gasteiger partial charge is 0.334 e. The Kier molecular flexibility index (Phi) is 5.29. The first kappa shape index (κ1) is 19.2. The van der Waals surface area contributed by atoms with Crippen molar-refractivity contribution in [3.05, 3.63) is 52.5 Å². The van der Waals surface area contributed by atoms with Crippen molar-refractivity contribution >= 4 is 39.9 Å². The molecule has 9 heteroatoms. The number of benzene rings is 1. The molecule has 0 bridgehead atoms. The summed E-state index contributed by atoms with van der Waals surface area (Å²) < 4.78 is 39.4. The molecule has 146 valence electrons. The Morgan fingerprint density at radius 2 is 2.04 bits per heavy atom. The first-order valence-electron chi connectivity index (χ1n) is 8.73. The highest BCUT2D eigenvalue weighted by Gasteiger charge is 2.36. The SMILES string of the molecule is O=C(CSc1nc(C(F)(F)F)nc2ccccc12)N1CCCC1c1cccs1. The van der Waals surface area contributed by atoms with Crippen LogP contribution < -0.4 is 0 Å². The minimum Gasteiger partial charge on any atom is -0.334 e. The highest BCUT2D eigenvalue weighted by Crippen LogP contribution is 2.36. The van der Waals surface area contributed by atoms with E-state index >= 15 is 0 Å². The van der Waals surface area contributed by atoms with E-state index in [4.69, 9.17) is 0 Å². The highest BCUT2D eigenvalue weighted by atomic mass is 32.2. The van der Waals surface area contributed by atoms with Crippen LogP contribution in [0.4, 0.5) is 13.2 Å². The predicted molar refractivity (Wildman–Crippen MR) is 103 cm³/mol. The Morgan fingerprint density at radius 1 is 1.21 bits per heavy atom. The molecule has 1 fully saturated rings. The van der Waals surface area contributed by atoms with Gasteiger partial charge in [0, 0.05) is 16.8 Å². The van der Waals surface area contributed by atoms with Gasteiger partial charge in [-0.15, -0.1) is 11.3 Å². The third-order valence-electron chi connectivity index (χ3n) is 4.60. The van der Waals surface area contributed by atoms with Crippen LogP contribution in [-0.2, 0) is 11.0 Å². The molecule has 1 saturated heterocycles. The van der Waals surface area contributed by atoms with Crippen LogP contribution in [0.3, 0.4) is 0 Å². The second-order valence-electron chi connectivity index (χ2n) is 6.42. The van der Waals surface area contributed by atoms with Gasteiger partial charge in [-0.3, -0.25) is 4.79 Å². The van der Waals surface area contributed by atoms with Crippen molar-refractivity contribution in [2.24, 2.45) is 0 Å². The molecule has 2 aromatic heterocycles. The number of aromatic nitrogens is 2. The number of amides is 1. The minimum atomic E-state index is -4.64. The zero-order valence-corrected chi connectivity index (χ0v) is 16.3. The lowest BCUT2D eigenvalue weighted by atomic mass is 10.2. The van der Waals surface area contributed by atoms with Crippen molar-refractivity contribution in [1.29, 1.82) is 0 Å². The molecule has 1 atom stereocenters. The van der Waals surface area contributed by atoms with Gasteiger partial charge >= 0.3 is 6.18 Å². The molecule has 1 aliphatic rings. The van der Waals surface area contributed by atoms with Crippen LogP contribution in [0.5, 0.6) is 0 Å². The number of halogens is 3. The summed E-state index contributed by atoms with van der Waals surface area (Å²) in [6.07, 6.45) is -2.80. The van der Waals surface area contributed by atoms with E-state index in [1.807, 2.05) is 22.4 Å². The normalized spacial score (nSPS) is 17.4. The molecule has 0 spiro atoms. The average Bonchev–Trinajstić information content (AvgIpc) is 3.35. The molecule has 0 radical (unpaired) electrons. The molecule has 28 heavy (non-hydrogen) atoms. The summed E-state index contributed by atoms with van der Waals surface area (Å²) in [5.74, 6) is -1.23. The number of fused-ring (bicyclic) bond motifs is 1. The Labute approximate surface area is 167 Å². The second kappa shape index (κ2) is 7.71. The lowest BCUT2D eigenvalue weighted by molar-refractivity contribution is -0.145. The number of carbonyl (C=O) groups excluding carboxylic acids is 1. The van der Waals surface area contributed by atoms with Crippen LogP contribution in [0.2, 0.25) is 0 Å². The van der Waals surface area contributed by atoms with Crippen molar-refractivity contribution in [3.8, 4) is 0 Å². The van der Waals surface area contributed by atoms with E-state index in [-0.39, 0.29) is 28.2 Å². The number of thiophene rings is 1. The van der Waals surface area contributed by atoms with Crippen LogP contribution in [0.25, 0.3) is 10.9 Å². The van der Waals surface area contributed by atoms with Crippen LogP contribution in [0, 0.1) is 0 Å². The Hall–Kier alpha value is -2.13. The molecule has 0 N–H and O–H groups in total. The number of rotatable bonds is 4. The van der Waals surface area contributed by atoms with E-state index in [1.165, 1.54) is 6.07 Å². The van der Waals surface area contributed by atoms with Crippen molar-refractivity contribution in [2.75, 3.05) is 12.3 Å². The van der Waals surface area contributed by atoms with Crippen molar-refractivity contribution in [3.63, 3.8) is 0 Å². The highest BCUT2D eigenvalue weighted by molar-refractivity contribution is 8.00. The summed E-state index contributed by atoms with van der Waals surface area (Å²) in [5, 5.41) is 2.68. The Balaban J connectivity index is 1.56. The number of alkyl halides is 3. The molecule has 0 aliphatic carbocycles. The summed E-state index contributed by atoms with van der Waals surface area (Å²) >= 11 is 2.65. The van der Waals surface area contributed by atoms with Crippen LogP contribution in [0.1, 0.15) is 29.6 Å². The molecule has 1 aromatic carbocycles. The van der Waals surface area contributed by atoms with Crippen molar-refractivity contribution < 1.29 is 18.0 Å². The fourth-order valence-corrected chi connectivity index (χ4v) is 5.12. The number of carbonyl (C=O) groups is 1. The number of hydrogen-bond donors (Lipinski definition) is 0. The van der Waals surface area contributed by atoms with Gasteiger partial charge in [-0.2, -0.15) is 13.2 Å². The number of thioether (sulfide) groups is 1. The first-order valence-corrected chi connectivity index (χ1v) is 10.6. The monoisotopic (exact) mass is 423 g/mol. The molecule has 4 nitrogen and oxygen atoms in total. The van der Waals surface area contributed by atoms with Gasteiger partial charge in [0.1, 0.15) is 5.03 Å². The van der Waals surface area contributed by atoms with Gasteiger partial charge in [0.2, 0.25) is 11.7 Å². The summed E-state index contributed by atoms with van der Waals surface area (Å²) in [6.45, 7) is 0.667. The standard InChI is InChI=1S/C19H16F3N3OS2/c20-19(21,22)18-23-13-6-2-1-5-12(13)17(24-18)28-11-16(26)25-9-3-7-14(25)15-8-4-10-27-15/h1-2,4-6,8,10,14H,3,7,9,11H2. The van der Waals surface area contributed by atoms with Crippen LogP contribution in [0.15, 0.2) is 46.8 Å². The Bertz CT molecular complexity index is 992. The zero-order chi connectivity index (χ0) is 19.7. The number of likely N-dealkylation sites (tertiary alicyclic amines) is 1. The lowest BCUT2D eigenvalue weighted by Crippen LogP contribution is -2.31. The van der Waals surface area contributed by atoms with Gasteiger partial charge in [-0.05, 0) is 30.4 Å². The predicted octanol–water partition coefficient (Wildman–Crippen LogP) is 5.17. The molecular weight excluding hydrogens is 407 g/mol. The number of hydrogen-bond acceptors (Lipinski definition) is 5. The maximum Gasteiger partial charge on any atom is 0.451 e.